The normalized spacial score (nSPS) is 38.4. The molecule has 1 aromatic heterocycles. The van der Waals surface area contributed by atoms with Gasteiger partial charge in [0, 0.05) is 95.1 Å². The smallest absolute Gasteiger partial charge is 0.161 e. The first-order valence-electron chi connectivity index (χ1n) is 34.5. The van der Waals surface area contributed by atoms with Crippen molar-refractivity contribution in [3.63, 3.8) is 0 Å². The van der Waals surface area contributed by atoms with Crippen molar-refractivity contribution in [2.24, 2.45) is 87.6 Å². The largest absolute Gasteiger partial charge is 0.504 e. The molecule has 8 aliphatic carbocycles. The summed E-state index contributed by atoms with van der Waals surface area (Å²) in [5, 5.41) is 88.7. The van der Waals surface area contributed by atoms with Crippen molar-refractivity contribution >= 4 is 21.6 Å². The molecule has 10 aliphatic rings. The van der Waals surface area contributed by atoms with E-state index in [4.69, 9.17) is 15.2 Å². The van der Waals surface area contributed by atoms with Gasteiger partial charge in [-0.05, 0) is 182 Å². The second kappa shape index (κ2) is 26.9. The van der Waals surface area contributed by atoms with Gasteiger partial charge in [0.25, 0.3) is 0 Å². The maximum Gasteiger partial charge on any atom is 0.161 e. The number of dihydropyridines is 1. The lowest BCUT2D eigenvalue weighted by Crippen LogP contribution is -2.65. The molecule has 1 saturated heterocycles. The van der Waals surface area contributed by atoms with Crippen LogP contribution in [-0.4, -0.2) is 116 Å². The zero-order chi connectivity index (χ0) is 62.5. The fourth-order valence-electron chi connectivity index (χ4n) is 20.3. The number of benzene rings is 3. The number of fused-ring (bicyclic) bond motifs is 9. The van der Waals surface area contributed by atoms with Crippen LogP contribution in [-0.2, 0) is 30.4 Å². The first-order chi connectivity index (χ1) is 44.4. The van der Waals surface area contributed by atoms with Crippen LogP contribution in [0.15, 0.2) is 144 Å². The Kier molecular flexibility index (Phi) is 18.7. The molecule has 2 saturated carbocycles. The third-order valence-corrected chi connectivity index (χ3v) is 26.9. The number of aromatic hydroxyl groups is 1. The van der Waals surface area contributed by atoms with Crippen molar-refractivity contribution < 1.29 is 45.2 Å². The van der Waals surface area contributed by atoms with Crippen LogP contribution in [0.3, 0.4) is 0 Å². The molecular weight excluding hydrogens is 1170 g/mol. The predicted molar refractivity (Wildman–Crippen MR) is 360 cm³/mol. The summed E-state index contributed by atoms with van der Waals surface area (Å²) in [5.74, 6) is 9.28. The van der Waals surface area contributed by atoms with Crippen molar-refractivity contribution in [3.05, 3.63) is 178 Å². The van der Waals surface area contributed by atoms with E-state index in [2.05, 4.69) is 126 Å². The van der Waals surface area contributed by atoms with Crippen LogP contribution in [0.4, 0.5) is 0 Å². The molecule has 12 nitrogen and oxygen atoms in total. The summed E-state index contributed by atoms with van der Waals surface area (Å²) in [5.41, 5.74) is 15.8. The summed E-state index contributed by atoms with van der Waals surface area (Å²) in [6.07, 6.45) is 23.3. The monoisotopic (exact) mass is 1270 g/mol. The van der Waals surface area contributed by atoms with Gasteiger partial charge < -0.3 is 61.3 Å². The van der Waals surface area contributed by atoms with Crippen LogP contribution in [0.5, 0.6) is 11.5 Å². The highest BCUT2D eigenvalue weighted by Crippen LogP contribution is 2.71. The third kappa shape index (κ3) is 11.6. The Morgan fingerprint density at radius 2 is 1.62 bits per heavy atom. The lowest BCUT2D eigenvalue weighted by Gasteiger charge is -2.67. The first kappa shape index (κ1) is 63.2. The first-order valence-corrected chi connectivity index (χ1v) is 37.0. The summed E-state index contributed by atoms with van der Waals surface area (Å²) in [7, 11) is 3.26. The molecule has 21 atom stereocenters. The Balaban J connectivity index is 0.894. The Hall–Kier alpha value is -5.18. The van der Waals surface area contributed by atoms with Crippen molar-refractivity contribution in [1.82, 2.24) is 10.3 Å². The number of aliphatic hydroxyl groups is 6. The number of H-pyrrole nitrogens is 1. The molecule has 0 unspecified atom stereocenters. The molecule has 91 heavy (non-hydrogen) atoms. The van der Waals surface area contributed by atoms with Crippen molar-refractivity contribution in [2.45, 2.75) is 139 Å². The van der Waals surface area contributed by atoms with Crippen LogP contribution in [0.1, 0.15) is 116 Å². The number of nitrogens with two attached hydrogens (primary N) is 1. The number of aromatic nitrogens is 1. The van der Waals surface area contributed by atoms with Gasteiger partial charge in [-0.1, -0.05) is 150 Å². The topological polar surface area (TPSA) is 214 Å². The van der Waals surface area contributed by atoms with Gasteiger partial charge in [0.2, 0.25) is 0 Å². The second-order valence-electron chi connectivity index (χ2n) is 28.8. The minimum Gasteiger partial charge on any atom is -0.504 e. The summed E-state index contributed by atoms with van der Waals surface area (Å²) < 4.78 is 13.8. The number of hydrogen-bond acceptors (Lipinski definition) is 13. The van der Waals surface area contributed by atoms with Gasteiger partial charge >= 0.3 is 0 Å². The van der Waals surface area contributed by atoms with E-state index in [1.165, 1.54) is 47.9 Å². The van der Waals surface area contributed by atoms with E-state index in [0.717, 1.165) is 47.2 Å². The average molecular weight is 1270 g/mol. The van der Waals surface area contributed by atoms with Gasteiger partial charge in [-0.25, -0.2) is 0 Å². The van der Waals surface area contributed by atoms with E-state index in [9.17, 15) is 35.7 Å². The number of hydrogen-bond donors (Lipinski definition) is 10. The van der Waals surface area contributed by atoms with Crippen LogP contribution in [0.2, 0.25) is 0 Å². The molecule has 0 radical (unpaired) electrons. The highest BCUT2D eigenvalue weighted by Gasteiger charge is 2.68. The third-order valence-electron chi connectivity index (χ3n) is 24.5. The molecule has 14 heteroatoms. The molecule has 0 amide bonds. The van der Waals surface area contributed by atoms with Crippen molar-refractivity contribution in [1.29, 1.82) is 0 Å². The molecule has 11 N–H and O–H groups in total. The van der Waals surface area contributed by atoms with E-state index in [-0.39, 0.29) is 79.4 Å². The number of ether oxygens (including phenoxy) is 2. The molecule has 3 heterocycles. The standard InChI is InChI=1S/C77H95N3O9S2/c1-2-45-31-51-36-67(85)70(89-71-37-52(32-54-16-10-27-79-54)56-24-28-80-75(78)62(56)44-91-90-43-53(41-82)74(71)87)39-58(51)59-38-68(86)73-50(34-57(45)59)22-25-76-40-61(46-11-4-3-5-12-46)65-35-49-15-7-6-14-48(49)33-60-55-17-9-8-13-47(55)18-19-63(60)77(65,72(76)42-83)26-23-64(76)66(84)20-21-69(73)88-30-29-81/h3-7,10-12,14-16,18-19,23-24,26-27,34,36,39,45,47,50,52-53,55,59-61,63-66,68-69,71-74,79-87H,2,8-9,13,17,20-21,28-33,35,37-38,40-44,78H2,1H3/t45-,47+,50-,52-,53-,55+,59+,60-,61-,63-,64-,65+,66+,68+,69-,71+,72+,73-,74+,76-,77+/m0/s1. The quantitative estimate of drug-likeness (QED) is 0.0385. The van der Waals surface area contributed by atoms with Crippen LogP contribution < -0.4 is 15.8 Å². The molecule has 2 bridgehead atoms. The Labute approximate surface area is 546 Å². The van der Waals surface area contributed by atoms with E-state index in [0.29, 0.717) is 86.6 Å². The Bertz CT molecular complexity index is 3470. The summed E-state index contributed by atoms with van der Waals surface area (Å²) >= 11 is 0. The van der Waals surface area contributed by atoms with E-state index < -0.39 is 65.0 Å². The number of nitrogens with one attached hydrogen (secondary N) is 2. The zero-order valence-electron chi connectivity index (χ0n) is 52.7. The molecule has 3 fully saturated rings. The number of aliphatic hydroxyl groups excluding tert-OH is 6. The predicted octanol–water partition coefficient (Wildman–Crippen LogP) is 10.9. The van der Waals surface area contributed by atoms with Gasteiger partial charge in [-0.3, -0.25) is 0 Å². The number of allylic oxidation sites excluding steroid dienone is 6. The molecule has 484 valence electrons. The Morgan fingerprint density at radius 3 is 2.41 bits per heavy atom. The molecular formula is C77H95N3O9S2. The fourth-order valence-corrected chi connectivity index (χ4v) is 22.8. The van der Waals surface area contributed by atoms with Crippen LogP contribution >= 0.6 is 21.6 Å². The summed E-state index contributed by atoms with van der Waals surface area (Å²) in [6.45, 7) is 2.34. The number of rotatable bonds is 11. The maximum atomic E-state index is 13.4. The van der Waals surface area contributed by atoms with E-state index in [1.54, 1.807) is 21.6 Å². The average Bonchev–Trinajstić information content (AvgIpc) is 1.53. The van der Waals surface area contributed by atoms with E-state index in [1.807, 2.05) is 24.4 Å². The highest BCUT2D eigenvalue weighted by atomic mass is 33.1. The maximum absolute atomic E-state index is 13.4. The van der Waals surface area contributed by atoms with Crippen molar-refractivity contribution in [3.8, 4) is 23.3 Å². The van der Waals surface area contributed by atoms with E-state index >= 15 is 0 Å². The Morgan fingerprint density at radius 1 is 0.791 bits per heavy atom. The number of aromatic amines is 1. The van der Waals surface area contributed by atoms with Crippen molar-refractivity contribution in [2.75, 3.05) is 44.5 Å². The van der Waals surface area contributed by atoms with Crippen LogP contribution in [0, 0.1) is 93.7 Å². The van der Waals surface area contributed by atoms with Gasteiger partial charge in [-0.2, -0.15) is 0 Å². The van der Waals surface area contributed by atoms with Gasteiger partial charge in [-0.15, -0.1) is 0 Å². The molecule has 3 aromatic carbocycles. The fraction of sp³-hybridized carbons (Fsp3) is 0.558. The van der Waals surface area contributed by atoms with Gasteiger partial charge in [0.05, 0.1) is 37.6 Å². The number of phenolic OH excluding ortho intramolecular Hbond substituents is 1. The summed E-state index contributed by atoms with van der Waals surface area (Å²) in [6, 6.07) is 28.1. The lowest BCUT2D eigenvalue weighted by atomic mass is 9.36. The van der Waals surface area contributed by atoms with Gasteiger partial charge in [0.15, 0.2) is 11.5 Å². The molecule has 4 aromatic rings. The molecule has 2 aliphatic heterocycles. The van der Waals surface area contributed by atoms with Crippen LogP contribution in [0.25, 0.3) is 0 Å². The second-order valence-corrected chi connectivity index (χ2v) is 31.3. The molecule has 2 spiro atoms. The zero-order valence-corrected chi connectivity index (χ0v) is 54.3. The lowest BCUT2D eigenvalue weighted by molar-refractivity contribution is -0.144. The minimum absolute atomic E-state index is 0.0257. The SMILES string of the molecule is CC[C@H]1Cc2cc(O)c(O[C@@H]3C[C@H](Cc4ccc[nH]4)C4=CCNC(N)=C4CSSC[C@H](CO)[C@H]3O)cc2[C@@H]2C[C@@H](O)[C@H]3[C@@H](OCCO)CC[C@@H](O)[C@@H]4C=C[C@]56[C@H](Cc7ccccc7C[C@H]7[C@@H]8CCCC[C@@H]8C=C[C@@H]75)[C@H](c5ccccc5)C[C@]4(C#C[C@H]3C=C12)[C@H]6CO. The summed E-state index contributed by atoms with van der Waals surface area (Å²) in [4.78, 5) is 3.40. The van der Waals surface area contributed by atoms with Gasteiger partial charge in [0.1, 0.15) is 11.9 Å². The highest BCUT2D eigenvalue weighted by molar-refractivity contribution is 8.76. The molecule has 14 rings (SSSR count). The minimum atomic E-state index is -1.09. The number of phenols is 1.